The average molecular weight is 405 g/mol. The van der Waals surface area contributed by atoms with Crippen LogP contribution < -0.4 is 14.8 Å². The summed E-state index contributed by atoms with van der Waals surface area (Å²) in [6.45, 7) is 11.5. The van der Waals surface area contributed by atoms with Crippen LogP contribution in [0, 0.1) is 0 Å². The van der Waals surface area contributed by atoms with E-state index in [2.05, 4.69) is 15.2 Å². The quantitative estimate of drug-likeness (QED) is 0.813. The van der Waals surface area contributed by atoms with Gasteiger partial charge in [-0.1, -0.05) is 6.07 Å². The number of hydrogen-bond acceptors (Lipinski definition) is 7. The van der Waals surface area contributed by atoms with Crippen LogP contribution in [-0.2, 0) is 11.3 Å². The largest absolute Gasteiger partial charge is 0.493 e. The first kappa shape index (κ1) is 21.1. The van der Waals surface area contributed by atoms with Crippen LogP contribution in [-0.4, -0.2) is 73.4 Å². The Morgan fingerprint density at radius 2 is 2.07 bits per heavy atom. The van der Waals surface area contributed by atoms with Gasteiger partial charge in [0.1, 0.15) is 5.60 Å². The van der Waals surface area contributed by atoms with Crippen molar-refractivity contribution >= 4 is 12.1 Å². The van der Waals surface area contributed by atoms with Gasteiger partial charge in [-0.2, -0.15) is 0 Å². The first-order valence-electron chi connectivity index (χ1n) is 10.1. The van der Waals surface area contributed by atoms with E-state index in [0.717, 1.165) is 29.6 Å². The third kappa shape index (κ3) is 5.25. The van der Waals surface area contributed by atoms with Crippen molar-refractivity contribution in [1.82, 2.24) is 15.1 Å². The monoisotopic (exact) mass is 404 g/mol. The molecular weight excluding hydrogens is 372 g/mol. The molecule has 1 fully saturated rings. The lowest BCUT2D eigenvalue weighted by Gasteiger charge is -2.39. The molecule has 2 aliphatic rings. The summed E-state index contributed by atoms with van der Waals surface area (Å²) in [7, 11) is 1.64. The van der Waals surface area contributed by atoms with Crippen LogP contribution in [0.5, 0.6) is 11.5 Å². The smallest absolute Gasteiger partial charge is 0.410 e. The number of amides is 1. The molecule has 0 radical (unpaired) electrons. The Kier molecular flexibility index (Phi) is 6.39. The van der Waals surface area contributed by atoms with Gasteiger partial charge in [-0.05, 0) is 45.4 Å². The molecule has 0 bridgehead atoms. The molecule has 1 saturated heterocycles. The minimum absolute atomic E-state index is 0.189. The Bertz CT molecular complexity index is 760. The minimum Gasteiger partial charge on any atom is -0.493 e. The van der Waals surface area contributed by atoms with E-state index in [4.69, 9.17) is 14.2 Å². The molecule has 0 aromatic heterocycles. The molecule has 8 nitrogen and oxygen atoms in total. The summed E-state index contributed by atoms with van der Waals surface area (Å²) in [6, 6.07) is 6.12. The molecule has 0 spiro atoms. The maximum Gasteiger partial charge on any atom is 0.410 e. The average Bonchev–Trinajstić information content (AvgIpc) is 3.08. The number of ether oxygens (including phenoxy) is 3. The Morgan fingerprint density at radius 3 is 2.76 bits per heavy atom. The standard InChI is InChI=1S/C21H32N4O4/c1-6-28-17-8-7-15(11-18(17)27-5)12-22-19-23-13-16-14-24(9-10-25(16)19)20(26)29-21(2,3)4/h7-8,11,16H,6,9-10,12-14H2,1-5H3,(H,22,23). The number of hydrogen-bond donors (Lipinski definition) is 1. The van der Waals surface area contributed by atoms with Gasteiger partial charge in [0.15, 0.2) is 17.5 Å². The number of guanidine groups is 1. The van der Waals surface area contributed by atoms with E-state index in [1.165, 1.54) is 0 Å². The van der Waals surface area contributed by atoms with Crippen molar-refractivity contribution in [3.63, 3.8) is 0 Å². The van der Waals surface area contributed by atoms with Crippen molar-refractivity contribution in [2.24, 2.45) is 4.99 Å². The number of aliphatic imine (C=N–C) groups is 1. The van der Waals surface area contributed by atoms with E-state index < -0.39 is 5.60 Å². The molecule has 1 aromatic carbocycles. The highest BCUT2D eigenvalue weighted by Crippen LogP contribution is 2.28. The van der Waals surface area contributed by atoms with Gasteiger partial charge in [0.05, 0.1) is 26.3 Å². The number of piperazine rings is 1. The lowest BCUT2D eigenvalue weighted by Crippen LogP contribution is -2.57. The third-order valence-electron chi connectivity index (χ3n) is 4.84. The molecule has 29 heavy (non-hydrogen) atoms. The Morgan fingerprint density at radius 1 is 1.28 bits per heavy atom. The van der Waals surface area contributed by atoms with Crippen molar-refractivity contribution in [1.29, 1.82) is 0 Å². The summed E-state index contributed by atoms with van der Waals surface area (Å²) in [5.41, 5.74) is 0.607. The summed E-state index contributed by atoms with van der Waals surface area (Å²) in [6.07, 6.45) is -0.250. The van der Waals surface area contributed by atoms with Gasteiger partial charge in [-0.3, -0.25) is 4.99 Å². The zero-order valence-electron chi connectivity index (χ0n) is 18.0. The minimum atomic E-state index is -0.480. The number of benzene rings is 1. The number of carbonyl (C=O) groups excluding carboxylic acids is 1. The number of rotatable bonds is 5. The normalized spacial score (nSPS) is 18.8. The molecule has 1 unspecified atom stereocenters. The fourth-order valence-corrected chi connectivity index (χ4v) is 3.50. The fraction of sp³-hybridized carbons (Fsp3) is 0.619. The van der Waals surface area contributed by atoms with Gasteiger partial charge < -0.3 is 29.3 Å². The van der Waals surface area contributed by atoms with E-state index in [1.54, 1.807) is 12.0 Å². The second kappa shape index (κ2) is 8.80. The van der Waals surface area contributed by atoms with Crippen molar-refractivity contribution in [2.75, 3.05) is 39.9 Å². The molecule has 1 N–H and O–H groups in total. The number of methoxy groups -OCH3 is 1. The van der Waals surface area contributed by atoms with E-state index in [9.17, 15) is 4.79 Å². The lowest BCUT2D eigenvalue weighted by atomic mass is 10.2. The molecular formula is C21H32N4O4. The molecule has 2 aliphatic heterocycles. The summed E-state index contributed by atoms with van der Waals surface area (Å²) in [5, 5.41) is 3.43. The summed E-state index contributed by atoms with van der Waals surface area (Å²) in [4.78, 5) is 21.0. The van der Waals surface area contributed by atoms with Gasteiger partial charge in [0.2, 0.25) is 0 Å². The van der Waals surface area contributed by atoms with Gasteiger partial charge in [0, 0.05) is 26.2 Å². The van der Waals surface area contributed by atoms with Crippen LogP contribution in [0.3, 0.4) is 0 Å². The Balaban J connectivity index is 1.54. The molecule has 1 amide bonds. The maximum absolute atomic E-state index is 12.3. The van der Waals surface area contributed by atoms with Crippen molar-refractivity contribution in [3.8, 4) is 11.5 Å². The van der Waals surface area contributed by atoms with Crippen LogP contribution >= 0.6 is 0 Å². The summed E-state index contributed by atoms with van der Waals surface area (Å²) >= 11 is 0. The molecule has 0 saturated carbocycles. The van der Waals surface area contributed by atoms with Crippen molar-refractivity contribution in [2.45, 2.75) is 45.9 Å². The van der Waals surface area contributed by atoms with E-state index in [1.807, 2.05) is 45.9 Å². The highest BCUT2D eigenvalue weighted by molar-refractivity contribution is 5.82. The maximum atomic E-state index is 12.3. The SMILES string of the molecule is CCOc1ccc(CNC2=NCC3CN(C(=O)OC(C)(C)C)CCN23)cc1OC. The highest BCUT2D eigenvalue weighted by atomic mass is 16.6. The number of nitrogens with zero attached hydrogens (tertiary/aromatic N) is 3. The van der Waals surface area contributed by atoms with E-state index >= 15 is 0 Å². The van der Waals surface area contributed by atoms with Gasteiger partial charge in [0.25, 0.3) is 0 Å². The lowest BCUT2D eigenvalue weighted by molar-refractivity contribution is 0.0137. The van der Waals surface area contributed by atoms with Crippen LogP contribution in [0.1, 0.15) is 33.3 Å². The fourth-order valence-electron chi connectivity index (χ4n) is 3.50. The topological polar surface area (TPSA) is 75.6 Å². The van der Waals surface area contributed by atoms with E-state index in [-0.39, 0.29) is 12.1 Å². The molecule has 2 heterocycles. The van der Waals surface area contributed by atoms with Crippen LogP contribution in [0.2, 0.25) is 0 Å². The predicted molar refractivity (Wildman–Crippen MR) is 112 cm³/mol. The molecule has 160 valence electrons. The highest BCUT2D eigenvalue weighted by Gasteiger charge is 2.36. The van der Waals surface area contributed by atoms with Gasteiger partial charge in [-0.25, -0.2) is 4.79 Å². The van der Waals surface area contributed by atoms with Crippen molar-refractivity contribution < 1.29 is 19.0 Å². The second-order valence-electron chi connectivity index (χ2n) is 8.21. The Labute approximate surface area is 172 Å². The predicted octanol–water partition coefficient (Wildman–Crippen LogP) is 2.47. The molecule has 1 aromatic rings. The molecule has 3 rings (SSSR count). The number of carbonyl (C=O) groups is 1. The van der Waals surface area contributed by atoms with Crippen LogP contribution in [0.15, 0.2) is 23.2 Å². The first-order valence-corrected chi connectivity index (χ1v) is 10.1. The first-order chi connectivity index (χ1) is 13.8. The van der Waals surface area contributed by atoms with E-state index in [0.29, 0.717) is 32.8 Å². The second-order valence-corrected chi connectivity index (χ2v) is 8.21. The summed E-state index contributed by atoms with van der Waals surface area (Å²) < 4.78 is 16.5. The zero-order valence-corrected chi connectivity index (χ0v) is 18.0. The zero-order chi connectivity index (χ0) is 21.0. The van der Waals surface area contributed by atoms with Crippen molar-refractivity contribution in [3.05, 3.63) is 23.8 Å². The number of nitrogens with one attached hydrogen (secondary N) is 1. The molecule has 1 atom stereocenters. The summed E-state index contributed by atoms with van der Waals surface area (Å²) in [5.74, 6) is 2.35. The van der Waals surface area contributed by atoms with Crippen LogP contribution in [0.4, 0.5) is 4.79 Å². The number of fused-ring (bicyclic) bond motifs is 1. The van der Waals surface area contributed by atoms with Gasteiger partial charge in [-0.15, -0.1) is 0 Å². The molecule has 8 heteroatoms. The van der Waals surface area contributed by atoms with Crippen LogP contribution in [0.25, 0.3) is 0 Å². The Hall–Kier alpha value is -2.64. The molecule has 0 aliphatic carbocycles. The van der Waals surface area contributed by atoms with Gasteiger partial charge >= 0.3 is 6.09 Å². The third-order valence-corrected chi connectivity index (χ3v) is 4.84.